The van der Waals surface area contributed by atoms with Gasteiger partial charge in [-0.25, -0.2) is 4.98 Å². The van der Waals surface area contributed by atoms with Crippen LogP contribution in [0.15, 0.2) is 6.20 Å². The Kier molecular flexibility index (Phi) is 4.52. The number of nitrogens with zero attached hydrogens (tertiary/aromatic N) is 2. The summed E-state index contributed by atoms with van der Waals surface area (Å²) in [5.74, 6) is -1.27. The number of nitrogens with one attached hydrogen (secondary N) is 1. The lowest BCUT2D eigenvalue weighted by Gasteiger charge is -2.01. The number of aromatic nitrogens is 1. The van der Waals surface area contributed by atoms with E-state index in [0.29, 0.717) is 11.3 Å². The Bertz CT molecular complexity index is 444. The second kappa shape index (κ2) is 5.89. The first-order chi connectivity index (χ1) is 8.02. The summed E-state index contributed by atoms with van der Waals surface area (Å²) in [6.07, 6.45) is 0.589. The number of esters is 1. The molecule has 1 aromatic heterocycles. The van der Waals surface area contributed by atoms with Gasteiger partial charge in [0.1, 0.15) is 12.6 Å². The first-order valence-electron chi connectivity index (χ1n) is 4.58. The highest BCUT2D eigenvalue weighted by Gasteiger charge is 2.15. The first-order valence-corrected chi connectivity index (χ1v) is 5.40. The van der Waals surface area contributed by atoms with Crippen molar-refractivity contribution in [2.45, 2.75) is 13.3 Å². The van der Waals surface area contributed by atoms with Crippen molar-refractivity contribution >= 4 is 33.3 Å². The molecule has 0 unspecified atom stereocenters. The van der Waals surface area contributed by atoms with Crippen LogP contribution in [0.1, 0.15) is 13.3 Å². The van der Waals surface area contributed by atoms with Crippen molar-refractivity contribution in [1.82, 2.24) is 4.98 Å². The maximum Gasteiger partial charge on any atom is 0.345 e. The summed E-state index contributed by atoms with van der Waals surface area (Å²) in [4.78, 5) is 35.6. The molecular formula is C8H9N3O5S. The van der Waals surface area contributed by atoms with Gasteiger partial charge in [0, 0.05) is 0 Å². The monoisotopic (exact) mass is 259 g/mol. The Hall–Kier alpha value is -2.03. The van der Waals surface area contributed by atoms with Gasteiger partial charge < -0.3 is 10.1 Å². The number of anilines is 1. The Balaban J connectivity index is 2.50. The molecule has 0 bridgehead atoms. The molecule has 17 heavy (non-hydrogen) atoms. The average molecular weight is 259 g/mol. The van der Waals surface area contributed by atoms with E-state index in [1.54, 1.807) is 6.92 Å². The van der Waals surface area contributed by atoms with Crippen LogP contribution in [0, 0.1) is 10.1 Å². The minimum Gasteiger partial charge on any atom is -0.466 e. The third-order valence-electron chi connectivity index (χ3n) is 1.53. The SMILES string of the molecule is CCOC(=O)CC(=O)Nc1ncc([N+](=O)[O-])s1. The topological polar surface area (TPSA) is 111 Å². The second-order valence-corrected chi connectivity index (χ2v) is 3.80. The Labute approximate surface area is 99.8 Å². The number of carbonyl (C=O) groups is 2. The second-order valence-electron chi connectivity index (χ2n) is 2.79. The lowest BCUT2D eigenvalue weighted by Crippen LogP contribution is -2.17. The average Bonchev–Trinajstić information content (AvgIpc) is 2.66. The molecule has 8 nitrogen and oxygen atoms in total. The van der Waals surface area contributed by atoms with E-state index in [2.05, 4.69) is 15.0 Å². The zero-order valence-electron chi connectivity index (χ0n) is 8.84. The molecule has 0 atom stereocenters. The predicted octanol–water partition coefficient (Wildman–Crippen LogP) is 0.943. The van der Waals surface area contributed by atoms with Crippen molar-refractivity contribution < 1.29 is 19.2 Å². The molecule has 0 fully saturated rings. The number of nitro groups is 1. The first kappa shape index (κ1) is 13.0. The summed E-state index contributed by atoms with van der Waals surface area (Å²) < 4.78 is 4.57. The summed E-state index contributed by atoms with van der Waals surface area (Å²) in [6, 6.07) is 0. The largest absolute Gasteiger partial charge is 0.466 e. The van der Waals surface area contributed by atoms with Crippen molar-refractivity contribution in [3.8, 4) is 0 Å². The van der Waals surface area contributed by atoms with Gasteiger partial charge in [0.05, 0.1) is 11.5 Å². The summed E-state index contributed by atoms with van der Waals surface area (Å²) in [5, 5.41) is 12.5. The van der Waals surface area contributed by atoms with Crippen LogP contribution in [0.3, 0.4) is 0 Å². The molecule has 9 heteroatoms. The molecule has 92 valence electrons. The lowest BCUT2D eigenvalue weighted by atomic mass is 10.4. The van der Waals surface area contributed by atoms with Crippen LogP contribution < -0.4 is 5.32 Å². The van der Waals surface area contributed by atoms with Gasteiger partial charge in [0.15, 0.2) is 5.13 Å². The van der Waals surface area contributed by atoms with Crippen LogP contribution >= 0.6 is 11.3 Å². The number of rotatable bonds is 5. The Morgan fingerprint density at radius 1 is 1.65 bits per heavy atom. The molecule has 1 aromatic rings. The highest BCUT2D eigenvalue weighted by atomic mass is 32.1. The van der Waals surface area contributed by atoms with Gasteiger partial charge in [-0.2, -0.15) is 0 Å². The smallest absolute Gasteiger partial charge is 0.345 e. The fraction of sp³-hybridized carbons (Fsp3) is 0.375. The zero-order chi connectivity index (χ0) is 12.8. The molecule has 0 aliphatic heterocycles. The predicted molar refractivity (Wildman–Crippen MR) is 58.6 cm³/mol. The van der Waals surface area contributed by atoms with Gasteiger partial charge in [-0.15, -0.1) is 0 Å². The maximum atomic E-state index is 11.3. The molecule has 0 spiro atoms. The van der Waals surface area contributed by atoms with E-state index in [4.69, 9.17) is 0 Å². The van der Waals surface area contributed by atoms with Crippen LogP contribution in [0.25, 0.3) is 0 Å². The van der Waals surface area contributed by atoms with Crippen molar-refractivity contribution in [3.05, 3.63) is 16.3 Å². The van der Waals surface area contributed by atoms with Gasteiger partial charge in [-0.05, 0) is 18.3 Å². The van der Waals surface area contributed by atoms with Crippen LogP contribution in [-0.2, 0) is 14.3 Å². The van der Waals surface area contributed by atoms with Gasteiger partial charge in [-0.3, -0.25) is 19.7 Å². The third-order valence-corrected chi connectivity index (χ3v) is 2.39. The van der Waals surface area contributed by atoms with Crippen molar-refractivity contribution in [3.63, 3.8) is 0 Å². The quantitative estimate of drug-likeness (QED) is 0.364. The third kappa shape index (κ3) is 4.15. The van der Waals surface area contributed by atoms with E-state index in [1.807, 2.05) is 0 Å². The molecule has 0 aliphatic carbocycles. The van der Waals surface area contributed by atoms with Crippen molar-refractivity contribution in [1.29, 1.82) is 0 Å². The van der Waals surface area contributed by atoms with E-state index in [9.17, 15) is 19.7 Å². The number of thiazole rings is 1. The maximum absolute atomic E-state index is 11.3. The standard InChI is InChI=1S/C8H9N3O5S/c1-2-16-7(13)3-5(12)10-8-9-4-6(17-8)11(14)15/h4H,2-3H2,1H3,(H,9,10,12). The number of hydrogen-bond donors (Lipinski definition) is 1. The summed E-state index contributed by atoms with van der Waals surface area (Å²) in [7, 11) is 0. The fourth-order valence-electron chi connectivity index (χ4n) is 0.914. The highest BCUT2D eigenvalue weighted by molar-refractivity contribution is 7.18. The molecule has 0 saturated carbocycles. The molecule has 1 rings (SSSR count). The van der Waals surface area contributed by atoms with Crippen molar-refractivity contribution in [2.75, 3.05) is 11.9 Å². The van der Waals surface area contributed by atoms with E-state index < -0.39 is 23.2 Å². The van der Waals surface area contributed by atoms with Gasteiger partial charge in [-0.1, -0.05) is 0 Å². The summed E-state index contributed by atoms with van der Waals surface area (Å²) in [5.41, 5.74) is 0. The molecule has 0 saturated heterocycles. The zero-order valence-corrected chi connectivity index (χ0v) is 9.65. The summed E-state index contributed by atoms with van der Waals surface area (Å²) in [6.45, 7) is 1.81. The Morgan fingerprint density at radius 3 is 2.88 bits per heavy atom. The lowest BCUT2D eigenvalue weighted by molar-refractivity contribution is -0.380. The van der Waals surface area contributed by atoms with Gasteiger partial charge in [0.2, 0.25) is 5.91 Å². The number of ether oxygens (including phenoxy) is 1. The summed E-state index contributed by atoms with van der Waals surface area (Å²) >= 11 is 0.716. The molecule has 1 amide bonds. The number of amides is 1. The number of carbonyl (C=O) groups excluding carboxylic acids is 2. The minimum atomic E-state index is -0.656. The van der Waals surface area contributed by atoms with Crippen molar-refractivity contribution in [2.24, 2.45) is 0 Å². The minimum absolute atomic E-state index is 0.0750. The molecular weight excluding hydrogens is 250 g/mol. The van der Waals surface area contributed by atoms with Crippen LogP contribution in [-0.4, -0.2) is 28.4 Å². The molecule has 0 aromatic carbocycles. The molecule has 1 heterocycles. The highest BCUT2D eigenvalue weighted by Crippen LogP contribution is 2.24. The van der Waals surface area contributed by atoms with E-state index in [0.717, 1.165) is 6.20 Å². The van der Waals surface area contributed by atoms with E-state index in [1.165, 1.54) is 0 Å². The van der Waals surface area contributed by atoms with Crippen LogP contribution in [0.2, 0.25) is 0 Å². The fourth-order valence-corrected chi connectivity index (χ4v) is 1.56. The normalized spacial score (nSPS) is 9.71. The number of hydrogen-bond acceptors (Lipinski definition) is 7. The van der Waals surface area contributed by atoms with Crippen LogP contribution in [0.5, 0.6) is 0 Å². The van der Waals surface area contributed by atoms with Gasteiger partial charge >= 0.3 is 11.0 Å². The molecule has 0 radical (unpaired) electrons. The van der Waals surface area contributed by atoms with E-state index in [-0.39, 0.29) is 16.7 Å². The van der Waals surface area contributed by atoms with E-state index >= 15 is 0 Å². The van der Waals surface area contributed by atoms with Gasteiger partial charge in [0.25, 0.3) is 0 Å². The molecule has 0 aliphatic rings. The Morgan fingerprint density at radius 2 is 2.35 bits per heavy atom. The molecule has 1 N–H and O–H groups in total. The van der Waals surface area contributed by atoms with Crippen LogP contribution in [0.4, 0.5) is 10.1 Å².